The number of hydrogen-bond donors (Lipinski definition) is 2. The minimum atomic E-state index is -4.50. The quantitative estimate of drug-likeness (QED) is 0.779. The van der Waals surface area contributed by atoms with Crippen molar-refractivity contribution in [3.05, 3.63) is 58.1 Å². The lowest BCUT2D eigenvalue weighted by Gasteiger charge is -2.09. The van der Waals surface area contributed by atoms with Crippen LogP contribution in [0.4, 0.5) is 18.9 Å². The number of phenolic OH excluding ortho intramolecular Hbond substituents is 1. The molecule has 110 valence electrons. The summed E-state index contributed by atoms with van der Waals surface area (Å²) in [5.74, 6) is -0.675. The zero-order valence-corrected chi connectivity index (χ0v) is 12.0. The predicted molar refractivity (Wildman–Crippen MR) is 75.2 cm³/mol. The van der Waals surface area contributed by atoms with Gasteiger partial charge in [0.2, 0.25) is 0 Å². The van der Waals surface area contributed by atoms with Crippen molar-refractivity contribution in [2.75, 3.05) is 5.32 Å². The number of aromatic hydroxyl groups is 1. The van der Waals surface area contributed by atoms with Gasteiger partial charge in [-0.3, -0.25) is 4.79 Å². The van der Waals surface area contributed by atoms with Crippen LogP contribution >= 0.6 is 15.9 Å². The van der Waals surface area contributed by atoms with E-state index in [2.05, 4.69) is 21.2 Å². The number of hydrogen-bond acceptors (Lipinski definition) is 2. The summed E-state index contributed by atoms with van der Waals surface area (Å²) in [4.78, 5) is 11.9. The Hall–Kier alpha value is -2.02. The summed E-state index contributed by atoms with van der Waals surface area (Å²) < 4.78 is 38.1. The molecule has 7 heteroatoms. The average molecular weight is 360 g/mol. The van der Waals surface area contributed by atoms with Crippen molar-refractivity contribution in [2.45, 2.75) is 6.18 Å². The molecule has 0 saturated carbocycles. The zero-order valence-electron chi connectivity index (χ0n) is 10.4. The molecule has 2 rings (SSSR count). The molecule has 2 aromatic carbocycles. The molecule has 0 fully saturated rings. The normalized spacial score (nSPS) is 11.2. The van der Waals surface area contributed by atoms with Crippen LogP contribution in [0.15, 0.2) is 46.9 Å². The van der Waals surface area contributed by atoms with Gasteiger partial charge in [0.25, 0.3) is 5.91 Å². The van der Waals surface area contributed by atoms with Crippen molar-refractivity contribution < 1.29 is 23.1 Å². The maximum absolute atomic E-state index is 12.6. The molecule has 2 N–H and O–H groups in total. The predicted octanol–water partition coefficient (Wildman–Crippen LogP) is 4.43. The number of alkyl halides is 3. The lowest BCUT2D eigenvalue weighted by atomic mass is 10.1. The maximum Gasteiger partial charge on any atom is 0.416 e. The second kappa shape index (κ2) is 5.77. The molecule has 0 aliphatic heterocycles. The Balaban J connectivity index is 2.22. The van der Waals surface area contributed by atoms with Gasteiger partial charge in [-0.15, -0.1) is 0 Å². The maximum atomic E-state index is 12.6. The molecule has 21 heavy (non-hydrogen) atoms. The average Bonchev–Trinajstić information content (AvgIpc) is 2.42. The van der Waals surface area contributed by atoms with Gasteiger partial charge < -0.3 is 10.4 Å². The number of benzene rings is 2. The lowest BCUT2D eigenvalue weighted by Crippen LogP contribution is -2.13. The summed E-state index contributed by atoms with van der Waals surface area (Å²) in [6, 6.07) is 8.38. The van der Waals surface area contributed by atoms with E-state index in [1.807, 2.05) is 0 Å². The molecule has 0 spiro atoms. The smallest absolute Gasteiger partial charge is 0.416 e. The Morgan fingerprint density at radius 2 is 1.86 bits per heavy atom. The second-order valence-electron chi connectivity index (χ2n) is 4.20. The molecule has 0 radical (unpaired) electrons. The standard InChI is InChI=1S/C14H9BrF3NO2/c15-11-7-10(4-5-12(11)20)19-13(21)8-2-1-3-9(6-8)14(16,17)18/h1-7,20H,(H,19,21). The first kappa shape index (κ1) is 15.4. The molecule has 0 aliphatic carbocycles. The summed E-state index contributed by atoms with van der Waals surface area (Å²) in [5.41, 5.74) is -0.641. The van der Waals surface area contributed by atoms with Gasteiger partial charge in [-0.2, -0.15) is 13.2 Å². The number of carbonyl (C=O) groups excluding carboxylic acids is 1. The molecule has 1 amide bonds. The fourth-order valence-corrected chi connectivity index (χ4v) is 2.00. The fraction of sp³-hybridized carbons (Fsp3) is 0.0714. The highest BCUT2D eigenvalue weighted by Crippen LogP contribution is 2.30. The number of carbonyl (C=O) groups is 1. The van der Waals surface area contributed by atoms with E-state index >= 15 is 0 Å². The summed E-state index contributed by atoms with van der Waals surface area (Å²) in [5, 5.41) is 11.8. The van der Waals surface area contributed by atoms with E-state index in [9.17, 15) is 23.1 Å². The number of rotatable bonds is 2. The fourth-order valence-electron chi connectivity index (χ4n) is 1.62. The molecule has 0 saturated heterocycles. The van der Waals surface area contributed by atoms with Gasteiger partial charge in [-0.05, 0) is 52.3 Å². The number of amides is 1. The molecule has 0 bridgehead atoms. The second-order valence-corrected chi connectivity index (χ2v) is 5.05. The van der Waals surface area contributed by atoms with Gasteiger partial charge in [-0.1, -0.05) is 6.07 Å². The van der Waals surface area contributed by atoms with E-state index in [4.69, 9.17) is 0 Å². The van der Waals surface area contributed by atoms with E-state index in [0.717, 1.165) is 12.1 Å². The van der Waals surface area contributed by atoms with E-state index in [-0.39, 0.29) is 11.3 Å². The van der Waals surface area contributed by atoms with Crippen molar-refractivity contribution in [3.8, 4) is 5.75 Å². The van der Waals surface area contributed by atoms with Crippen LogP contribution in [0.3, 0.4) is 0 Å². The van der Waals surface area contributed by atoms with Gasteiger partial charge in [0.05, 0.1) is 10.0 Å². The topological polar surface area (TPSA) is 49.3 Å². The number of phenols is 1. The largest absolute Gasteiger partial charge is 0.507 e. The van der Waals surface area contributed by atoms with Crippen LogP contribution in [0.1, 0.15) is 15.9 Å². The van der Waals surface area contributed by atoms with Crippen LogP contribution in [0.2, 0.25) is 0 Å². The molecule has 0 heterocycles. The van der Waals surface area contributed by atoms with Crippen molar-refractivity contribution in [3.63, 3.8) is 0 Å². The van der Waals surface area contributed by atoms with E-state index in [0.29, 0.717) is 10.2 Å². The van der Waals surface area contributed by atoms with Crippen molar-refractivity contribution in [1.29, 1.82) is 0 Å². The summed E-state index contributed by atoms with van der Waals surface area (Å²) in [6.45, 7) is 0. The van der Waals surface area contributed by atoms with E-state index in [1.54, 1.807) is 0 Å². The Morgan fingerprint density at radius 1 is 1.14 bits per heavy atom. The zero-order chi connectivity index (χ0) is 15.6. The van der Waals surface area contributed by atoms with Crippen LogP contribution in [-0.4, -0.2) is 11.0 Å². The third-order valence-electron chi connectivity index (χ3n) is 2.66. The van der Waals surface area contributed by atoms with Crippen molar-refractivity contribution in [2.24, 2.45) is 0 Å². The van der Waals surface area contributed by atoms with Gasteiger partial charge >= 0.3 is 6.18 Å². The van der Waals surface area contributed by atoms with Gasteiger partial charge in [0.1, 0.15) is 5.75 Å². The number of nitrogens with one attached hydrogen (secondary N) is 1. The molecule has 3 nitrogen and oxygen atoms in total. The summed E-state index contributed by atoms with van der Waals surface area (Å²) in [6.07, 6.45) is -4.50. The molecule has 2 aromatic rings. The SMILES string of the molecule is O=C(Nc1ccc(O)c(Br)c1)c1cccc(C(F)(F)F)c1. The van der Waals surface area contributed by atoms with E-state index in [1.165, 1.54) is 30.3 Å². The molecular formula is C14H9BrF3NO2. The first-order chi connectivity index (χ1) is 9.77. The highest BCUT2D eigenvalue weighted by Gasteiger charge is 2.30. The monoisotopic (exact) mass is 359 g/mol. The Kier molecular flexibility index (Phi) is 4.22. The number of anilines is 1. The molecule has 0 aliphatic rings. The van der Waals surface area contributed by atoms with Crippen LogP contribution in [0.5, 0.6) is 5.75 Å². The van der Waals surface area contributed by atoms with Gasteiger partial charge in [0, 0.05) is 11.3 Å². The van der Waals surface area contributed by atoms with Gasteiger partial charge in [0.15, 0.2) is 0 Å². The van der Waals surface area contributed by atoms with Crippen molar-refractivity contribution >= 4 is 27.5 Å². The third-order valence-corrected chi connectivity index (χ3v) is 3.29. The van der Waals surface area contributed by atoms with Crippen LogP contribution in [0, 0.1) is 0 Å². The molecule has 0 atom stereocenters. The minimum absolute atomic E-state index is 0.00734. The van der Waals surface area contributed by atoms with Crippen LogP contribution < -0.4 is 5.32 Å². The third kappa shape index (κ3) is 3.75. The van der Waals surface area contributed by atoms with Crippen LogP contribution in [0.25, 0.3) is 0 Å². The Bertz CT molecular complexity index is 686. The number of halogens is 4. The van der Waals surface area contributed by atoms with Gasteiger partial charge in [-0.25, -0.2) is 0 Å². The Morgan fingerprint density at radius 3 is 2.48 bits per heavy atom. The summed E-state index contributed by atoms with van der Waals surface area (Å²) >= 11 is 3.08. The Labute approximate surface area is 126 Å². The van der Waals surface area contributed by atoms with E-state index < -0.39 is 17.6 Å². The first-order valence-electron chi connectivity index (χ1n) is 5.74. The molecule has 0 unspecified atom stereocenters. The van der Waals surface area contributed by atoms with Crippen LogP contribution in [-0.2, 0) is 6.18 Å². The summed E-state index contributed by atoms with van der Waals surface area (Å²) in [7, 11) is 0. The minimum Gasteiger partial charge on any atom is -0.507 e. The highest BCUT2D eigenvalue weighted by atomic mass is 79.9. The molecule has 0 aromatic heterocycles. The highest BCUT2D eigenvalue weighted by molar-refractivity contribution is 9.10. The molecular weight excluding hydrogens is 351 g/mol. The lowest BCUT2D eigenvalue weighted by molar-refractivity contribution is -0.137. The van der Waals surface area contributed by atoms with Crippen molar-refractivity contribution in [1.82, 2.24) is 0 Å². The first-order valence-corrected chi connectivity index (χ1v) is 6.54.